The molecule has 120 valence electrons. The Kier molecular flexibility index (Phi) is 3.53. The molecule has 6 nitrogen and oxygen atoms in total. The Balaban J connectivity index is 1.74. The number of halogens is 2. The standard InChI is InChI=1S/C13H10Cl2N4O2S2/c14-7-1-4-9(10(15)5-7)11-6-22-13-16-12(17-19(11)13)18-23(20,21)8-2-3-8/h1,4-6,8H,2-3H2,(H,17,18). The second-order valence-electron chi connectivity index (χ2n) is 5.22. The maximum atomic E-state index is 12.0. The van der Waals surface area contributed by atoms with E-state index in [0.29, 0.717) is 27.8 Å². The van der Waals surface area contributed by atoms with Gasteiger partial charge in [-0.3, -0.25) is 0 Å². The summed E-state index contributed by atoms with van der Waals surface area (Å²) in [7, 11) is -3.38. The highest BCUT2D eigenvalue weighted by Crippen LogP contribution is 2.34. The number of aromatic nitrogens is 3. The largest absolute Gasteiger partial charge is 0.257 e. The summed E-state index contributed by atoms with van der Waals surface area (Å²) in [6, 6.07) is 5.18. The van der Waals surface area contributed by atoms with E-state index in [1.807, 2.05) is 5.38 Å². The molecule has 1 fully saturated rings. The Morgan fingerprint density at radius 2 is 2.09 bits per heavy atom. The number of fused-ring (bicyclic) bond motifs is 1. The molecule has 0 bridgehead atoms. The molecular formula is C13H10Cl2N4O2S2. The predicted octanol–water partition coefficient (Wildman–Crippen LogP) is 3.67. The Morgan fingerprint density at radius 3 is 2.78 bits per heavy atom. The van der Waals surface area contributed by atoms with Crippen LogP contribution in [0.5, 0.6) is 0 Å². The molecule has 2 aromatic heterocycles. The van der Waals surface area contributed by atoms with Gasteiger partial charge in [0.15, 0.2) is 0 Å². The number of hydrogen-bond acceptors (Lipinski definition) is 5. The molecule has 0 spiro atoms. The quantitative estimate of drug-likeness (QED) is 0.739. The van der Waals surface area contributed by atoms with E-state index in [9.17, 15) is 8.42 Å². The van der Waals surface area contributed by atoms with Crippen LogP contribution < -0.4 is 4.72 Å². The molecular weight excluding hydrogens is 379 g/mol. The molecule has 1 aliphatic rings. The van der Waals surface area contributed by atoms with Crippen LogP contribution in [-0.2, 0) is 10.0 Å². The minimum Gasteiger partial charge on any atom is -0.250 e. The van der Waals surface area contributed by atoms with Crippen molar-refractivity contribution in [3.63, 3.8) is 0 Å². The van der Waals surface area contributed by atoms with Crippen LogP contribution >= 0.6 is 34.5 Å². The minimum absolute atomic E-state index is 0.0788. The lowest BCUT2D eigenvalue weighted by Gasteiger charge is -2.03. The fourth-order valence-electron chi connectivity index (χ4n) is 2.20. The van der Waals surface area contributed by atoms with Crippen LogP contribution in [0.2, 0.25) is 10.0 Å². The van der Waals surface area contributed by atoms with Gasteiger partial charge in [0.25, 0.3) is 5.95 Å². The summed E-state index contributed by atoms with van der Waals surface area (Å²) in [5, 5.41) is 6.82. The summed E-state index contributed by atoms with van der Waals surface area (Å²) in [5.74, 6) is 0.0788. The number of benzene rings is 1. The van der Waals surface area contributed by atoms with Crippen LogP contribution in [0.15, 0.2) is 23.6 Å². The zero-order valence-electron chi connectivity index (χ0n) is 11.5. The van der Waals surface area contributed by atoms with Crippen molar-refractivity contribution in [3.05, 3.63) is 33.6 Å². The van der Waals surface area contributed by atoms with Crippen LogP contribution in [0.4, 0.5) is 5.95 Å². The Bertz CT molecular complexity index is 1010. The van der Waals surface area contributed by atoms with Crippen LogP contribution in [0.1, 0.15) is 12.8 Å². The molecule has 1 aromatic carbocycles. The summed E-state index contributed by atoms with van der Waals surface area (Å²) < 4.78 is 28.0. The zero-order valence-corrected chi connectivity index (χ0v) is 14.7. The lowest BCUT2D eigenvalue weighted by molar-refractivity contribution is 0.599. The second kappa shape index (κ2) is 5.34. The van der Waals surface area contributed by atoms with Gasteiger partial charge in [0, 0.05) is 16.0 Å². The molecule has 0 aliphatic heterocycles. The van der Waals surface area contributed by atoms with Crippen molar-refractivity contribution >= 4 is 55.5 Å². The summed E-state index contributed by atoms with van der Waals surface area (Å²) >= 11 is 13.5. The molecule has 0 atom stereocenters. The van der Waals surface area contributed by atoms with Crippen molar-refractivity contribution in [3.8, 4) is 11.3 Å². The molecule has 4 rings (SSSR count). The van der Waals surface area contributed by atoms with Gasteiger partial charge in [0.05, 0.1) is 16.0 Å². The number of hydrogen-bond donors (Lipinski definition) is 1. The van der Waals surface area contributed by atoms with E-state index in [0.717, 1.165) is 11.3 Å². The average molecular weight is 389 g/mol. The van der Waals surface area contributed by atoms with Gasteiger partial charge >= 0.3 is 0 Å². The van der Waals surface area contributed by atoms with Crippen molar-refractivity contribution in [2.24, 2.45) is 0 Å². The summed E-state index contributed by atoms with van der Waals surface area (Å²) in [6.07, 6.45) is 1.37. The van der Waals surface area contributed by atoms with Crippen molar-refractivity contribution in [2.75, 3.05) is 4.72 Å². The lowest BCUT2D eigenvalue weighted by Crippen LogP contribution is -2.18. The van der Waals surface area contributed by atoms with E-state index in [1.54, 1.807) is 22.7 Å². The highest BCUT2D eigenvalue weighted by molar-refractivity contribution is 7.93. The Morgan fingerprint density at radius 1 is 1.30 bits per heavy atom. The van der Waals surface area contributed by atoms with Crippen LogP contribution in [0.25, 0.3) is 16.2 Å². The molecule has 2 heterocycles. The van der Waals surface area contributed by atoms with Crippen molar-refractivity contribution in [1.82, 2.24) is 14.6 Å². The minimum atomic E-state index is -3.38. The number of rotatable bonds is 4. The SMILES string of the molecule is O=S(=O)(Nc1nc2scc(-c3ccc(Cl)cc3Cl)n2n1)C1CC1. The highest BCUT2D eigenvalue weighted by Gasteiger charge is 2.36. The third-order valence-electron chi connectivity index (χ3n) is 3.49. The van der Waals surface area contributed by atoms with E-state index in [1.165, 1.54) is 11.3 Å². The molecule has 1 aliphatic carbocycles. The van der Waals surface area contributed by atoms with Gasteiger partial charge < -0.3 is 0 Å². The number of anilines is 1. The van der Waals surface area contributed by atoms with Gasteiger partial charge in [-0.05, 0) is 31.0 Å². The topological polar surface area (TPSA) is 76.4 Å². The number of thiazole rings is 1. The van der Waals surface area contributed by atoms with E-state index in [2.05, 4.69) is 14.8 Å². The molecule has 0 radical (unpaired) electrons. The van der Waals surface area contributed by atoms with E-state index < -0.39 is 10.0 Å². The molecule has 10 heteroatoms. The van der Waals surface area contributed by atoms with Crippen molar-refractivity contribution in [2.45, 2.75) is 18.1 Å². The molecule has 3 aromatic rings. The van der Waals surface area contributed by atoms with E-state index in [-0.39, 0.29) is 11.2 Å². The van der Waals surface area contributed by atoms with E-state index >= 15 is 0 Å². The molecule has 0 unspecified atom stereocenters. The zero-order chi connectivity index (χ0) is 16.2. The molecule has 1 saturated carbocycles. The van der Waals surface area contributed by atoms with Gasteiger partial charge in [-0.1, -0.05) is 23.2 Å². The maximum Gasteiger partial charge on any atom is 0.257 e. The Hall–Kier alpha value is -1.35. The van der Waals surface area contributed by atoms with Crippen LogP contribution in [0.3, 0.4) is 0 Å². The third kappa shape index (κ3) is 2.80. The van der Waals surface area contributed by atoms with Gasteiger partial charge in [0.2, 0.25) is 15.0 Å². The maximum absolute atomic E-state index is 12.0. The highest BCUT2D eigenvalue weighted by atomic mass is 35.5. The first kappa shape index (κ1) is 15.2. The predicted molar refractivity (Wildman–Crippen MR) is 91.9 cm³/mol. The summed E-state index contributed by atoms with van der Waals surface area (Å²) in [4.78, 5) is 4.80. The summed E-state index contributed by atoms with van der Waals surface area (Å²) in [5.41, 5.74) is 1.49. The van der Waals surface area contributed by atoms with Crippen LogP contribution in [-0.4, -0.2) is 28.3 Å². The molecule has 1 N–H and O–H groups in total. The lowest BCUT2D eigenvalue weighted by atomic mass is 10.2. The third-order valence-corrected chi connectivity index (χ3v) is 6.67. The van der Waals surface area contributed by atoms with Crippen LogP contribution in [0, 0.1) is 0 Å². The first-order valence-corrected chi connectivity index (χ1v) is 9.93. The first-order valence-electron chi connectivity index (χ1n) is 6.75. The van der Waals surface area contributed by atoms with Gasteiger partial charge in [-0.25, -0.2) is 17.7 Å². The average Bonchev–Trinajstić information content (AvgIpc) is 3.17. The van der Waals surface area contributed by atoms with Gasteiger partial charge in [-0.2, -0.15) is 4.98 Å². The molecule has 0 saturated heterocycles. The van der Waals surface area contributed by atoms with Gasteiger partial charge in [-0.15, -0.1) is 16.4 Å². The Labute approximate surface area is 146 Å². The van der Waals surface area contributed by atoms with Gasteiger partial charge in [0.1, 0.15) is 0 Å². The molecule has 23 heavy (non-hydrogen) atoms. The monoisotopic (exact) mass is 388 g/mol. The molecule has 0 amide bonds. The first-order chi connectivity index (χ1) is 10.9. The fraction of sp³-hybridized carbons (Fsp3) is 0.231. The fourth-order valence-corrected chi connectivity index (χ4v) is 4.79. The second-order valence-corrected chi connectivity index (χ2v) is 8.86. The van der Waals surface area contributed by atoms with E-state index in [4.69, 9.17) is 23.2 Å². The smallest absolute Gasteiger partial charge is 0.250 e. The summed E-state index contributed by atoms with van der Waals surface area (Å²) in [6.45, 7) is 0. The van der Waals surface area contributed by atoms with Crippen molar-refractivity contribution in [1.29, 1.82) is 0 Å². The van der Waals surface area contributed by atoms with Crippen molar-refractivity contribution < 1.29 is 8.42 Å². The number of sulfonamides is 1. The normalized spacial score (nSPS) is 15.2. The number of nitrogens with one attached hydrogen (secondary N) is 1. The number of nitrogens with zero attached hydrogens (tertiary/aromatic N) is 3.